The molecule has 11 nitrogen and oxygen atoms in total. The standard InChI is InChI=1S/C17H12Cl2N6O5/c18-10-3-8(22-23-12(6-20)16(27)30-17(21)28)4-11(19)14(10)29-13-5-9(7-1-2-7)15(26)25-24-13/h3-5,7,22H,1-2H2,(H2,21,28)(H,25,26)/b23-12+. The lowest BCUT2D eigenvalue weighted by atomic mass is 10.2. The van der Waals surface area contributed by atoms with E-state index in [0.717, 1.165) is 12.8 Å². The fraction of sp³-hybridized carbons (Fsp3) is 0.176. The summed E-state index contributed by atoms with van der Waals surface area (Å²) in [6.07, 6.45) is 0.468. The molecule has 1 aromatic heterocycles. The predicted molar refractivity (Wildman–Crippen MR) is 106 cm³/mol. The molecule has 0 saturated heterocycles. The number of rotatable bonds is 6. The second kappa shape index (κ2) is 8.81. The molecule has 0 aliphatic heterocycles. The molecular weight excluding hydrogens is 439 g/mol. The highest BCUT2D eigenvalue weighted by Gasteiger charge is 2.27. The number of hydrogen-bond acceptors (Lipinski definition) is 9. The number of nitrogens with one attached hydrogen (secondary N) is 2. The van der Waals surface area contributed by atoms with E-state index in [0.29, 0.717) is 5.56 Å². The average Bonchev–Trinajstić information content (AvgIpc) is 3.51. The normalized spacial score (nSPS) is 13.3. The third kappa shape index (κ3) is 5.05. The van der Waals surface area contributed by atoms with E-state index in [1.807, 2.05) is 0 Å². The Bertz CT molecular complexity index is 1130. The van der Waals surface area contributed by atoms with Crippen LogP contribution in [-0.4, -0.2) is 28.0 Å². The number of anilines is 1. The first-order valence-electron chi connectivity index (χ1n) is 8.30. The summed E-state index contributed by atoms with van der Waals surface area (Å²) < 4.78 is 9.68. The van der Waals surface area contributed by atoms with Crippen LogP contribution >= 0.6 is 23.2 Å². The van der Waals surface area contributed by atoms with Gasteiger partial charge in [0.15, 0.2) is 5.75 Å². The van der Waals surface area contributed by atoms with E-state index in [1.165, 1.54) is 24.3 Å². The van der Waals surface area contributed by atoms with Gasteiger partial charge in [-0.2, -0.15) is 10.4 Å². The SMILES string of the molecule is N#C/C(=N\Nc1cc(Cl)c(Oc2cc(C3CC3)c(=O)[nH]n2)c(Cl)c1)C(=O)OC(N)=O. The Balaban J connectivity index is 1.79. The van der Waals surface area contributed by atoms with E-state index in [9.17, 15) is 14.4 Å². The van der Waals surface area contributed by atoms with Gasteiger partial charge in [0.1, 0.15) is 6.07 Å². The summed E-state index contributed by atoms with van der Waals surface area (Å²) in [5.41, 5.74) is 6.84. The number of nitrogens with two attached hydrogens (primary N) is 1. The Morgan fingerprint density at radius 1 is 1.30 bits per heavy atom. The Hall–Kier alpha value is -3.62. The Kier molecular flexibility index (Phi) is 6.20. The summed E-state index contributed by atoms with van der Waals surface area (Å²) in [7, 11) is 0. The van der Waals surface area contributed by atoms with Crippen LogP contribution in [0.25, 0.3) is 0 Å². The number of esters is 1. The van der Waals surface area contributed by atoms with E-state index in [4.69, 9.17) is 38.9 Å². The van der Waals surface area contributed by atoms with Crippen molar-refractivity contribution in [3.05, 3.63) is 44.2 Å². The third-order valence-electron chi connectivity index (χ3n) is 3.82. The number of ether oxygens (including phenoxy) is 2. The van der Waals surface area contributed by atoms with Gasteiger partial charge in [-0.3, -0.25) is 10.2 Å². The molecule has 2 aromatic rings. The van der Waals surface area contributed by atoms with E-state index < -0.39 is 17.8 Å². The van der Waals surface area contributed by atoms with Crippen molar-refractivity contribution >= 4 is 46.7 Å². The first-order chi connectivity index (χ1) is 14.3. The minimum atomic E-state index is -1.38. The summed E-state index contributed by atoms with van der Waals surface area (Å²) in [5.74, 6) is -0.960. The first-order valence-corrected chi connectivity index (χ1v) is 9.06. The zero-order chi connectivity index (χ0) is 21.8. The number of aromatic amines is 1. The highest BCUT2D eigenvalue weighted by molar-refractivity contribution is 6.44. The number of aromatic nitrogens is 2. The fourth-order valence-corrected chi connectivity index (χ4v) is 2.92. The van der Waals surface area contributed by atoms with Crippen molar-refractivity contribution in [1.29, 1.82) is 5.26 Å². The molecule has 1 saturated carbocycles. The topological polar surface area (TPSA) is 173 Å². The summed E-state index contributed by atoms with van der Waals surface area (Å²) >= 11 is 12.4. The van der Waals surface area contributed by atoms with Gasteiger partial charge in [0, 0.05) is 11.6 Å². The van der Waals surface area contributed by atoms with Crippen LogP contribution in [0.15, 0.2) is 28.1 Å². The molecule has 1 amide bonds. The molecule has 154 valence electrons. The number of nitriles is 1. The molecule has 4 N–H and O–H groups in total. The zero-order valence-electron chi connectivity index (χ0n) is 14.9. The van der Waals surface area contributed by atoms with E-state index in [2.05, 4.69) is 25.5 Å². The van der Waals surface area contributed by atoms with Gasteiger partial charge in [-0.05, 0) is 30.9 Å². The number of carbonyl (C=O) groups excluding carboxylic acids is 2. The largest absolute Gasteiger partial charge is 0.434 e. The number of halogens is 2. The van der Waals surface area contributed by atoms with Crippen LogP contribution in [0.3, 0.4) is 0 Å². The van der Waals surface area contributed by atoms with Gasteiger partial charge in [-0.1, -0.05) is 23.2 Å². The van der Waals surface area contributed by atoms with Crippen molar-refractivity contribution in [1.82, 2.24) is 10.2 Å². The number of amides is 1. The quantitative estimate of drug-likeness (QED) is 0.260. The molecule has 1 aliphatic carbocycles. The van der Waals surface area contributed by atoms with E-state index >= 15 is 0 Å². The molecule has 1 heterocycles. The molecule has 0 unspecified atom stereocenters. The molecular formula is C17H12Cl2N6O5. The maximum absolute atomic E-state index is 11.8. The lowest BCUT2D eigenvalue weighted by molar-refractivity contribution is -0.129. The minimum Gasteiger partial charge on any atom is -0.434 e. The molecule has 0 atom stereocenters. The van der Waals surface area contributed by atoms with Crippen molar-refractivity contribution in [3.63, 3.8) is 0 Å². The Morgan fingerprint density at radius 2 is 1.97 bits per heavy atom. The van der Waals surface area contributed by atoms with Gasteiger partial charge >= 0.3 is 12.1 Å². The number of primary amides is 1. The second-order valence-corrected chi connectivity index (χ2v) is 6.84. The molecule has 1 aromatic carbocycles. The van der Waals surface area contributed by atoms with Crippen molar-refractivity contribution in [2.24, 2.45) is 10.8 Å². The van der Waals surface area contributed by atoms with Crippen molar-refractivity contribution in [2.75, 3.05) is 5.43 Å². The van der Waals surface area contributed by atoms with Gasteiger partial charge in [0.25, 0.3) is 5.56 Å². The van der Waals surface area contributed by atoms with Crippen molar-refractivity contribution < 1.29 is 19.1 Å². The first kappa shape index (κ1) is 21.1. The lowest BCUT2D eigenvalue weighted by Crippen LogP contribution is -2.24. The van der Waals surface area contributed by atoms with Crippen LogP contribution < -0.4 is 21.5 Å². The number of carbonyl (C=O) groups is 2. The molecule has 30 heavy (non-hydrogen) atoms. The van der Waals surface area contributed by atoms with E-state index in [1.54, 1.807) is 0 Å². The molecule has 13 heteroatoms. The van der Waals surface area contributed by atoms with Gasteiger partial charge in [-0.25, -0.2) is 14.7 Å². The Labute approximate surface area is 178 Å². The van der Waals surface area contributed by atoms with Crippen LogP contribution in [-0.2, 0) is 9.53 Å². The summed E-state index contributed by atoms with van der Waals surface area (Å²) in [6, 6.07) is 5.69. The highest BCUT2D eigenvalue weighted by atomic mass is 35.5. The summed E-state index contributed by atoms with van der Waals surface area (Å²) in [6.45, 7) is 0. The third-order valence-corrected chi connectivity index (χ3v) is 4.38. The molecule has 0 radical (unpaired) electrons. The summed E-state index contributed by atoms with van der Waals surface area (Å²) in [5, 5.41) is 18.7. The lowest BCUT2D eigenvalue weighted by Gasteiger charge is -2.11. The fourth-order valence-electron chi connectivity index (χ4n) is 2.35. The second-order valence-electron chi connectivity index (χ2n) is 6.03. The van der Waals surface area contributed by atoms with Crippen molar-refractivity contribution in [2.45, 2.75) is 18.8 Å². The summed E-state index contributed by atoms with van der Waals surface area (Å²) in [4.78, 5) is 33.9. The Morgan fingerprint density at radius 3 is 2.53 bits per heavy atom. The molecule has 3 rings (SSSR count). The van der Waals surface area contributed by atoms with Crippen LogP contribution in [0.4, 0.5) is 10.5 Å². The minimum absolute atomic E-state index is 0.0550. The van der Waals surface area contributed by atoms with Crippen LogP contribution in [0.2, 0.25) is 10.0 Å². The number of H-pyrrole nitrogens is 1. The van der Waals surface area contributed by atoms with Crippen LogP contribution in [0.5, 0.6) is 11.6 Å². The maximum Gasteiger partial charge on any atom is 0.412 e. The molecule has 0 spiro atoms. The average molecular weight is 451 g/mol. The molecule has 1 aliphatic rings. The van der Waals surface area contributed by atoms with Gasteiger partial charge in [-0.15, -0.1) is 5.10 Å². The van der Waals surface area contributed by atoms with E-state index in [-0.39, 0.29) is 38.8 Å². The number of hydrazone groups is 1. The number of hydrogen-bond donors (Lipinski definition) is 3. The zero-order valence-corrected chi connectivity index (χ0v) is 16.5. The van der Waals surface area contributed by atoms with Gasteiger partial charge < -0.3 is 15.2 Å². The van der Waals surface area contributed by atoms with Crippen LogP contribution in [0.1, 0.15) is 24.3 Å². The van der Waals surface area contributed by atoms with Gasteiger partial charge in [0.2, 0.25) is 11.6 Å². The van der Waals surface area contributed by atoms with Crippen LogP contribution in [0, 0.1) is 11.3 Å². The number of benzene rings is 1. The monoisotopic (exact) mass is 450 g/mol. The smallest absolute Gasteiger partial charge is 0.412 e. The number of nitrogens with zero attached hydrogens (tertiary/aromatic N) is 3. The molecule has 0 bridgehead atoms. The highest BCUT2D eigenvalue weighted by Crippen LogP contribution is 2.41. The predicted octanol–water partition coefficient (Wildman–Crippen LogP) is 2.66. The molecule has 1 fully saturated rings. The van der Waals surface area contributed by atoms with Crippen molar-refractivity contribution in [3.8, 4) is 17.7 Å². The maximum atomic E-state index is 11.8. The van der Waals surface area contributed by atoms with Gasteiger partial charge in [0.05, 0.1) is 15.7 Å².